The van der Waals surface area contributed by atoms with Crippen LogP contribution in [0.25, 0.3) is 10.2 Å². The third kappa shape index (κ3) is 3.33. The van der Waals surface area contributed by atoms with Gasteiger partial charge in [-0.3, -0.25) is 9.59 Å². The van der Waals surface area contributed by atoms with Crippen LogP contribution in [0.3, 0.4) is 0 Å². The summed E-state index contributed by atoms with van der Waals surface area (Å²) >= 11 is 7.15. The Morgan fingerprint density at radius 3 is 2.70 bits per heavy atom. The number of rotatable bonds is 3. The fraction of sp³-hybridized carbons (Fsp3) is 0.0625. The summed E-state index contributed by atoms with van der Waals surface area (Å²) in [6.45, 7) is -0.258. The van der Waals surface area contributed by atoms with E-state index in [-0.39, 0.29) is 6.54 Å². The quantitative estimate of drug-likeness (QED) is 0.791. The molecule has 0 spiro atoms. The molecule has 0 unspecified atom stereocenters. The molecule has 5 nitrogen and oxygen atoms in total. The van der Waals surface area contributed by atoms with Gasteiger partial charge < -0.3 is 9.67 Å². The first kappa shape index (κ1) is 15.5. The lowest BCUT2D eigenvalue weighted by molar-refractivity contribution is -0.137. The van der Waals surface area contributed by atoms with Crippen molar-refractivity contribution >= 4 is 45.0 Å². The van der Waals surface area contributed by atoms with Gasteiger partial charge >= 0.3 is 5.97 Å². The number of nitrogens with zero attached hydrogens (tertiary/aromatic N) is 2. The summed E-state index contributed by atoms with van der Waals surface area (Å²) in [5.41, 5.74) is 1.09. The number of carboxylic acid groups (broad SMARTS) is 1. The van der Waals surface area contributed by atoms with E-state index in [4.69, 9.17) is 16.7 Å². The topological polar surface area (TPSA) is 71.7 Å². The highest BCUT2D eigenvalue weighted by molar-refractivity contribution is 7.16. The number of hydrogen-bond acceptors (Lipinski definition) is 3. The maximum absolute atomic E-state index is 12.3. The maximum Gasteiger partial charge on any atom is 0.323 e. The molecule has 2 aromatic carbocycles. The lowest BCUT2D eigenvalue weighted by atomic mass is 10.2. The molecular formula is C16H11ClN2O3S. The van der Waals surface area contributed by atoms with Crippen LogP contribution in [0, 0.1) is 0 Å². The molecule has 0 atom stereocenters. The zero-order chi connectivity index (χ0) is 16.4. The minimum Gasteiger partial charge on any atom is -0.480 e. The van der Waals surface area contributed by atoms with Crippen molar-refractivity contribution < 1.29 is 14.7 Å². The van der Waals surface area contributed by atoms with Crippen LogP contribution in [0.15, 0.2) is 53.5 Å². The zero-order valence-electron chi connectivity index (χ0n) is 11.8. The van der Waals surface area contributed by atoms with Gasteiger partial charge in [0.15, 0.2) is 4.80 Å². The summed E-state index contributed by atoms with van der Waals surface area (Å²) in [6, 6.07) is 13.8. The average Bonchev–Trinajstić information content (AvgIpc) is 2.84. The lowest BCUT2D eigenvalue weighted by Gasteiger charge is -2.01. The standard InChI is InChI=1S/C16H11ClN2O3S/c17-11-5-3-4-10(8-11)15(22)18-16-19(9-14(20)21)12-6-1-2-7-13(12)23-16/h1-8H,9H2,(H,20,21). The van der Waals surface area contributed by atoms with Gasteiger partial charge in [-0.25, -0.2) is 0 Å². The fourth-order valence-corrected chi connectivity index (χ4v) is 3.39. The molecule has 3 rings (SSSR count). The van der Waals surface area contributed by atoms with Gasteiger partial charge in [0, 0.05) is 10.6 Å². The Morgan fingerprint density at radius 2 is 1.96 bits per heavy atom. The van der Waals surface area contributed by atoms with Gasteiger partial charge in [0.2, 0.25) is 0 Å². The predicted octanol–water partition coefficient (Wildman–Crippen LogP) is 3.18. The third-order valence-electron chi connectivity index (χ3n) is 3.15. The van der Waals surface area contributed by atoms with E-state index < -0.39 is 11.9 Å². The number of halogens is 1. The number of hydrogen-bond donors (Lipinski definition) is 1. The maximum atomic E-state index is 12.3. The van der Waals surface area contributed by atoms with E-state index >= 15 is 0 Å². The molecule has 1 heterocycles. The van der Waals surface area contributed by atoms with Crippen molar-refractivity contribution in [3.63, 3.8) is 0 Å². The van der Waals surface area contributed by atoms with Crippen molar-refractivity contribution in [2.75, 3.05) is 0 Å². The van der Waals surface area contributed by atoms with Crippen LogP contribution < -0.4 is 4.80 Å². The second-order valence-electron chi connectivity index (χ2n) is 4.76. The molecule has 0 aliphatic heterocycles. The highest BCUT2D eigenvalue weighted by atomic mass is 35.5. The summed E-state index contributed by atoms with van der Waals surface area (Å²) in [5.74, 6) is -1.46. The SMILES string of the molecule is O=C(O)Cn1c(=NC(=O)c2cccc(Cl)c2)sc2ccccc21. The highest BCUT2D eigenvalue weighted by Gasteiger charge is 2.11. The number of carbonyl (C=O) groups is 2. The van der Waals surface area contributed by atoms with Crippen molar-refractivity contribution in [2.45, 2.75) is 6.54 Å². The molecule has 23 heavy (non-hydrogen) atoms. The Hall–Kier alpha value is -2.44. The molecule has 0 aliphatic rings. The van der Waals surface area contributed by atoms with Gasteiger partial charge in [0.25, 0.3) is 5.91 Å². The van der Waals surface area contributed by atoms with Gasteiger partial charge in [-0.05, 0) is 30.3 Å². The molecule has 0 saturated carbocycles. The van der Waals surface area contributed by atoms with Crippen LogP contribution >= 0.6 is 22.9 Å². The van der Waals surface area contributed by atoms with Crippen LogP contribution in [0.1, 0.15) is 10.4 Å². The Balaban J connectivity index is 2.14. The van der Waals surface area contributed by atoms with Crippen LogP contribution in [-0.2, 0) is 11.3 Å². The smallest absolute Gasteiger partial charge is 0.323 e. The number of thiazole rings is 1. The van der Waals surface area contributed by atoms with Gasteiger partial charge in [-0.15, -0.1) is 0 Å². The monoisotopic (exact) mass is 346 g/mol. The van der Waals surface area contributed by atoms with E-state index in [1.807, 2.05) is 18.2 Å². The minimum atomic E-state index is -0.995. The number of amides is 1. The van der Waals surface area contributed by atoms with E-state index in [9.17, 15) is 9.59 Å². The number of para-hydroxylation sites is 1. The van der Waals surface area contributed by atoms with Gasteiger partial charge in [-0.2, -0.15) is 4.99 Å². The van der Waals surface area contributed by atoms with E-state index in [1.54, 1.807) is 24.3 Å². The van der Waals surface area contributed by atoms with Crippen molar-refractivity contribution in [1.29, 1.82) is 0 Å². The molecule has 7 heteroatoms. The van der Waals surface area contributed by atoms with Crippen LogP contribution in [0.5, 0.6) is 0 Å². The van der Waals surface area contributed by atoms with Crippen LogP contribution in [0.4, 0.5) is 0 Å². The van der Waals surface area contributed by atoms with E-state index in [1.165, 1.54) is 22.0 Å². The fourth-order valence-electron chi connectivity index (χ4n) is 2.17. The number of aromatic nitrogens is 1. The Morgan fingerprint density at radius 1 is 1.17 bits per heavy atom. The van der Waals surface area contributed by atoms with Crippen LogP contribution in [0.2, 0.25) is 5.02 Å². The number of carboxylic acids is 1. The average molecular weight is 347 g/mol. The van der Waals surface area contributed by atoms with E-state index in [2.05, 4.69) is 4.99 Å². The summed E-state index contributed by atoms with van der Waals surface area (Å²) < 4.78 is 2.39. The molecule has 1 aromatic heterocycles. The molecule has 3 aromatic rings. The van der Waals surface area contributed by atoms with Crippen LogP contribution in [-0.4, -0.2) is 21.6 Å². The summed E-state index contributed by atoms with van der Waals surface area (Å²) in [5, 5.41) is 9.54. The Labute approximate surface area is 140 Å². The largest absolute Gasteiger partial charge is 0.480 e. The van der Waals surface area contributed by atoms with Crippen molar-refractivity contribution in [3.05, 3.63) is 63.9 Å². The Bertz CT molecular complexity index is 975. The normalized spacial score (nSPS) is 11.8. The van der Waals surface area contributed by atoms with Gasteiger partial charge in [0.1, 0.15) is 6.54 Å². The Kier molecular flexibility index (Phi) is 4.27. The molecule has 0 aliphatic carbocycles. The lowest BCUT2D eigenvalue weighted by Crippen LogP contribution is -2.21. The second-order valence-corrected chi connectivity index (χ2v) is 6.21. The second kappa shape index (κ2) is 6.36. The van der Waals surface area contributed by atoms with Crippen molar-refractivity contribution in [2.24, 2.45) is 4.99 Å². The third-order valence-corrected chi connectivity index (χ3v) is 4.44. The van der Waals surface area contributed by atoms with E-state index in [0.717, 1.165) is 10.2 Å². The predicted molar refractivity (Wildman–Crippen MR) is 88.8 cm³/mol. The molecule has 1 N–H and O–H groups in total. The highest BCUT2D eigenvalue weighted by Crippen LogP contribution is 2.17. The first-order valence-corrected chi connectivity index (χ1v) is 7.89. The zero-order valence-corrected chi connectivity index (χ0v) is 13.3. The van der Waals surface area contributed by atoms with E-state index in [0.29, 0.717) is 15.4 Å². The minimum absolute atomic E-state index is 0.258. The molecule has 0 bridgehead atoms. The number of aliphatic carboxylic acids is 1. The number of benzene rings is 2. The summed E-state index contributed by atoms with van der Waals surface area (Å²) in [6.07, 6.45) is 0. The first-order valence-electron chi connectivity index (χ1n) is 6.69. The van der Waals surface area contributed by atoms with Crippen molar-refractivity contribution in [1.82, 2.24) is 4.57 Å². The molecule has 116 valence electrons. The summed E-state index contributed by atoms with van der Waals surface area (Å²) in [4.78, 5) is 27.8. The summed E-state index contributed by atoms with van der Waals surface area (Å²) in [7, 11) is 0. The molecule has 0 radical (unpaired) electrons. The van der Waals surface area contributed by atoms with Crippen molar-refractivity contribution in [3.8, 4) is 0 Å². The number of fused-ring (bicyclic) bond motifs is 1. The molecule has 0 fully saturated rings. The van der Waals surface area contributed by atoms with Gasteiger partial charge in [0.05, 0.1) is 10.2 Å². The van der Waals surface area contributed by atoms with Gasteiger partial charge in [-0.1, -0.05) is 41.1 Å². The number of carbonyl (C=O) groups excluding carboxylic acids is 1. The first-order chi connectivity index (χ1) is 11.0. The molecular weight excluding hydrogens is 336 g/mol. The molecule has 1 amide bonds. The molecule has 0 saturated heterocycles.